The van der Waals surface area contributed by atoms with E-state index in [4.69, 9.17) is 4.74 Å². The fraction of sp³-hybridized carbons (Fsp3) is 0.190. The lowest BCUT2D eigenvalue weighted by molar-refractivity contribution is -0.118. The zero-order chi connectivity index (χ0) is 20.2. The van der Waals surface area contributed by atoms with Crippen molar-refractivity contribution in [1.29, 1.82) is 0 Å². The number of aromatic nitrogens is 1. The Bertz CT molecular complexity index is 1030. The maximum Gasteiger partial charge on any atom is 0.264 e. The second-order valence-electron chi connectivity index (χ2n) is 6.67. The van der Waals surface area contributed by atoms with E-state index in [1.54, 1.807) is 41.8 Å². The van der Waals surface area contributed by atoms with Crippen molar-refractivity contribution in [2.24, 2.45) is 5.92 Å². The lowest BCUT2D eigenvalue weighted by Gasteiger charge is -2.09. The highest BCUT2D eigenvalue weighted by atomic mass is 32.1. The molecule has 1 aliphatic carbocycles. The van der Waals surface area contributed by atoms with Crippen LogP contribution < -0.4 is 15.4 Å². The normalized spacial score (nSPS) is 13.0. The van der Waals surface area contributed by atoms with Gasteiger partial charge in [0.25, 0.3) is 5.91 Å². The largest absolute Gasteiger partial charge is 0.484 e. The SMILES string of the molecule is O=C(COc1cccc(NC(=O)C2CC2)c1)Nc1nc(-c2ccc(F)cc2)cs1. The molecule has 0 atom stereocenters. The van der Waals surface area contributed by atoms with Crippen molar-refractivity contribution in [3.63, 3.8) is 0 Å². The Hall–Kier alpha value is -3.26. The number of hydrogen-bond acceptors (Lipinski definition) is 5. The maximum absolute atomic E-state index is 13.0. The molecule has 6 nitrogen and oxygen atoms in total. The minimum atomic E-state index is -0.350. The zero-order valence-electron chi connectivity index (χ0n) is 15.4. The second-order valence-corrected chi connectivity index (χ2v) is 7.53. The molecule has 0 spiro atoms. The van der Waals surface area contributed by atoms with Crippen LogP contribution in [0.15, 0.2) is 53.9 Å². The van der Waals surface area contributed by atoms with E-state index in [-0.39, 0.29) is 30.2 Å². The average Bonchev–Trinajstić information content (AvgIpc) is 3.47. The van der Waals surface area contributed by atoms with Crippen LogP contribution in [-0.2, 0) is 9.59 Å². The van der Waals surface area contributed by atoms with Gasteiger partial charge in [-0.05, 0) is 49.2 Å². The summed E-state index contributed by atoms with van der Waals surface area (Å²) >= 11 is 1.28. The molecule has 8 heteroatoms. The van der Waals surface area contributed by atoms with Crippen molar-refractivity contribution in [1.82, 2.24) is 4.98 Å². The number of nitrogens with one attached hydrogen (secondary N) is 2. The fourth-order valence-corrected chi connectivity index (χ4v) is 3.38. The second kappa shape index (κ2) is 8.40. The predicted octanol–water partition coefficient (Wildman–Crippen LogP) is 4.32. The van der Waals surface area contributed by atoms with Crippen LogP contribution in [0.2, 0.25) is 0 Å². The number of carbonyl (C=O) groups is 2. The number of thiazole rings is 1. The third-order valence-electron chi connectivity index (χ3n) is 4.31. The number of carbonyl (C=O) groups excluding carboxylic acids is 2. The molecule has 0 radical (unpaired) electrons. The smallest absolute Gasteiger partial charge is 0.264 e. The summed E-state index contributed by atoms with van der Waals surface area (Å²) < 4.78 is 18.5. The predicted molar refractivity (Wildman–Crippen MR) is 109 cm³/mol. The molecule has 4 rings (SSSR count). The van der Waals surface area contributed by atoms with E-state index in [1.807, 2.05) is 0 Å². The van der Waals surface area contributed by atoms with Gasteiger partial charge < -0.3 is 10.1 Å². The molecule has 29 heavy (non-hydrogen) atoms. The molecule has 2 aromatic carbocycles. The summed E-state index contributed by atoms with van der Waals surface area (Å²) in [6.45, 7) is -0.189. The first-order valence-corrected chi connectivity index (χ1v) is 10.00. The quantitative estimate of drug-likeness (QED) is 0.607. The Kier molecular flexibility index (Phi) is 5.53. The molecule has 0 unspecified atom stereocenters. The summed E-state index contributed by atoms with van der Waals surface area (Å²) in [5.41, 5.74) is 2.07. The summed E-state index contributed by atoms with van der Waals surface area (Å²) in [5, 5.41) is 7.75. The third kappa shape index (κ3) is 5.17. The van der Waals surface area contributed by atoms with E-state index in [1.165, 1.54) is 23.5 Å². The van der Waals surface area contributed by atoms with Crippen LogP contribution in [0.4, 0.5) is 15.2 Å². The van der Waals surface area contributed by atoms with Crippen LogP contribution in [0.5, 0.6) is 5.75 Å². The Balaban J connectivity index is 1.30. The van der Waals surface area contributed by atoms with Crippen LogP contribution >= 0.6 is 11.3 Å². The van der Waals surface area contributed by atoms with Gasteiger partial charge in [-0.15, -0.1) is 11.3 Å². The summed E-state index contributed by atoms with van der Waals surface area (Å²) in [6.07, 6.45) is 1.86. The standard InChI is InChI=1S/C21H18FN3O3S/c22-15-8-6-13(7-9-15)18-12-29-21(24-18)25-19(26)11-28-17-3-1-2-16(10-17)23-20(27)14-4-5-14/h1-3,6-10,12,14H,4-5,11H2,(H,23,27)(H,24,25,26). The number of halogens is 1. The first-order valence-electron chi connectivity index (χ1n) is 9.12. The summed E-state index contributed by atoms with van der Waals surface area (Å²) in [5.74, 6) is -0.0489. The number of benzene rings is 2. The van der Waals surface area contributed by atoms with Gasteiger partial charge in [-0.2, -0.15) is 0 Å². The van der Waals surface area contributed by atoms with Crippen molar-refractivity contribution in [2.75, 3.05) is 17.2 Å². The maximum atomic E-state index is 13.0. The molecule has 2 N–H and O–H groups in total. The van der Waals surface area contributed by atoms with Crippen molar-refractivity contribution in [2.45, 2.75) is 12.8 Å². The number of hydrogen-bond donors (Lipinski definition) is 2. The van der Waals surface area contributed by atoms with Gasteiger partial charge in [-0.3, -0.25) is 14.9 Å². The fourth-order valence-electron chi connectivity index (χ4n) is 2.64. The van der Waals surface area contributed by atoms with E-state index in [0.717, 1.165) is 18.4 Å². The van der Waals surface area contributed by atoms with Crippen LogP contribution in [-0.4, -0.2) is 23.4 Å². The molecule has 1 fully saturated rings. The minimum Gasteiger partial charge on any atom is -0.484 e. The van der Waals surface area contributed by atoms with E-state index in [2.05, 4.69) is 15.6 Å². The molecule has 1 aliphatic rings. The summed E-state index contributed by atoms with van der Waals surface area (Å²) in [7, 11) is 0. The van der Waals surface area contributed by atoms with Gasteiger partial charge in [0, 0.05) is 28.6 Å². The number of amides is 2. The molecular formula is C21H18FN3O3S. The monoisotopic (exact) mass is 411 g/mol. The van der Waals surface area contributed by atoms with Crippen LogP contribution in [0.1, 0.15) is 12.8 Å². The summed E-state index contributed by atoms with van der Waals surface area (Å²) in [4.78, 5) is 28.3. The van der Waals surface area contributed by atoms with Crippen LogP contribution in [0.25, 0.3) is 11.3 Å². The highest BCUT2D eigenvalue weighted by Gasteiger charge is 2.29. The van der Waals surface area contributed by atoms with Crippen molar-refractivity contribution >= 4 is 34.0 Å². The Morgan fingerprint density at radius 1 is 1.14 bits per heavy atom. The minimum absolute atomic E-state index is 0.0145. The van der Waals surface area contributed by atoms with E-state index in [0.29, 0.717) is 22.3 Å². The Morgan fingerprint density at radius 3 is 2.69 bits per heavy atom. The lowest BCUT2D eigenvalue weighted by Crippen LogP contribution is -2.20. The lowest BCUT2D eigenvalue weighted by atomic mass is 10.2. The van der Waals surface area contributed by atoms with Crippen molar-refractivity contribution in [3.8, 4) is 17.0 Å². The molecule has 0 saturated heterocycles. The molecule has 3 aromatic rings. The highest BCUT2D eigenvalue weighted by molar-refractivity contribution is 7.14. The van der Waals surface area contributed by atoms with E-state index >= 15 is 0 Å². The first kappa shape index (κ1) is 19.1. The van der Waals surface area contributed by atoms with Gasteiger partial charge in [0.15, 0.2) is 11.7 Å². The number of rotatable bonds is 7. The van der Waals surface area contributed by atoms with E-state index in [9.17, 15) is 14.0 Å². The molecule has 0 bridgehead atoms. The topological polar surface area (TPSA) is 80.3 Å². The van der Waals surface area contributed by atoms with Crippen molar-refractivity contribution in [3.05, 3.63) is 59.7 Å². The Labute approximate surface area is 170 Å². The number of nitrogens with zero attached hydrogens (tertiary/aromatic N) is 1. The van der Waals surface area contributed by atoms with Crippen molar-refractivity contribution < 1.29 is 18.7 Å². The van der Waals surface area contributed by atoms with Gasteiger partial charge >= 0.3 is 0 Å². The molecule has 1 heterocycles. The Morgan fingerprint density at radius 2 is 1.93 bits per heavy atom. The number of anilines is 2. The molecule has 1 saturated carbocycles. The van der Waals surface area contributed by atoms with Crippen LogP contribution in [0.3, 0.4) is 0 Å². The van der Waals surface area contributed by atoms with Gasteiger partial charge in [0.05, 0.1) is 5.69 Å². The zero-order valence-corrected chi connectivity index (χ0v) is 16.2. The highest BCUT2D eigenvalue weighted by Crippen LogP contribution is 2.30. The van der Waals surface area contributed by atoms with Gasteiger partial charge in [-0.1, -0.05) is 6.07 Å². The number of ether oxygens (including phenoxy) is 1. The molecule has 1 aromatic heterocycles. The van der Waals surface area contributed by atoms with Crippen LogP contribution in [0, 0.1) is 11.7 Å². The molecule has 2 amide bonds. The third-order valence-corrected chi connectivity index (χ3v) is 5.07. The van der Waals surface area contributed by atoms with Gasteiger partial charge in [0.2, 0.25) is 5.91 Å². The molecule has 148 valence electrons. The molecular weight excluding hydrogens is 393 g/mol. The average molecular weight is 411 g/mol. The summed E-state index contributed by atoms with van der Waals surface area (Å²) in [6, 6.07) is 12.9. The van der Waals surface area contributed by atoms with Gasteiger partial charge in [0.1, 0.15) is 11.6 Å². The van der Waals surface area contributed by atoms with E-state index < -0.39 is 0 Å². The van der Waals surface area contributed by atoms with Gasteiger partial charge in [-0.25, -0.2) is 9.37 Å². The molecule has 0 aliphatic heterocycles. The first-order chi connectivity index (χ1) is 14.1.